The smallest absolute Gasteiger partial charge is 0.255 e. The molecule has 2 N–H and O–H groups in total. The van der Waals surface area contributed by atoms with Gasteiger partial charge in [-0.3, -0.25) is 14.3 Å². The summed E-state index contributed by atoms with van der Waals surface area (Å²) in [6.45, 7) is 0.933. The Hall–Kier alpha value is -2.57. The van der Waals surface area contributed by atoms with Gasteiger partial charge in [0.25, 0.3) is 11.8 Å². The van der Waals surface area contributed by atoms with E-state index >= 15 is 0 Å². The normalized spacial score (nSPS) is 17.1. The Balaban J connectivity index is 1.48. The van der Waals surface area contributed by atoms with Crippen LogP contribution in [-0.2, 0) is 20.0 Å². The highest BCUT2D eigenvalue weighted by Crippen LogP contribution is 2.39. The van der Waals surface area contributed by atoms with E-state index in [2.05, 4.69) is 15.7 Å². The average molecular weight is 328 g/mol. The Labute approximate surface area is 139 Å². The van der Waals surface area contributed by atoms with E-state index in [0.717, 1.165) is 12.1 Å². The van der Waals surface area contributed by atoms with Crippen LogP contribution in [0.25, 0.3) is 0 Å². The molecule has 1 saturated carbocycles. The van der Waals surface area contributed by atoms with Crippen LogP contribution in [0.3, 0.4) is 0 Å². The number of carbonyl (C=O) groups is 2. The van der Waals surface area contributed by atoms with Crippen LogP contribution in [0.15, 0.2) is 16.7 Å². The molecule has 0 unspecified atom stereocenters. The lowest BCUT2D eigenvalue weighted by Crippen LogP contribution is -2.28. The molecule has 0 radical (unpaired) electrons. The zero-order chi connectivity index (χ0) is 16.7. The van der Waals surface area contributed by atoms with Gasteiger partial charge in [-0.25, -0.2) is 0 Å². The predicted molar refractivity (Wildman–Crippen MR) is 85.7 cm³/mol. The van der Waals surface area contributed by atoms with Crippen molar-refractivity contribution in [2.75, 3.05) is 6.54 Å². The van der Waals surface area contributed by atoms with Crippen LogP contribution in [0, 0.1) is 0 Å². The standard InChI is InChI=1S/C17H20N4O3/c1-21-13(10-4-5-10)7-11(20-21)8-19-16(22)12-9-24-14-3-2-6-18-17(23)15(12)14/h7,9-10H,2-6,8H2,1H3,(H,18,23)(H,19,22). The third-order valence-corrected chi connectivity index (χ3v) is 4.60. The number of nitrogens with zero attached hydrogens (tertiary/aromatic N) is 2. The molecular weight excluding hydrogens is 308 g/mol. The summed E-state index contributed by atoms with van der Waals surface area (Å²) < 4.78 is 7.32. The zero-order valence-electron chi connectivity index (χ0n) is 13.6. The molecule has 2 aliphatic rings. The lowest BCUT2D eigenvalue weighted by atomic mass is 10.1. The maximum absolute atomic E-state index is 12.5. The second-order valence-electron chi connectivity index (χ2n) is 6.45. The van der Waals surface area contributed by atoms with Crippen molar-refractivity contribution in [1.82, 2.24) is 20.4 Å². The van der Waals surface area contributed by atoms with Crippen LogP contribution in [0.4, 0.5) is 0 Å². The van der Waals surface area contributed by atoms with Crippen LogP contribution in [0.1, 0.15) is 63.0 Å². The van der Waals surface area contributed by atoms with Crippen molar-refractivity contribution in [1.29, 1.82) is 0 Å². The number of fused-ring (bicyclic) bond motifs is 1. The lowest BCUT2D eigenvalue weighted by Gasteiger charge is -2.04. The van der Waals surface area contributed by atoms with E-state index in [1.165, 1.54) is 24.8 Å². The number of amides is 2. The molecule has 0 saturated heterocycles. The minimum atomic E-state index is -0.310. The highest BCUT2D eigenvalue weighted by molar-refractivity contribution is 6.07. The van der Waals surface area contributed by atoms with E-state index in [1.807, 2.05) is 17.8 Å². The summed E-state index contributed by atoms with van der Waals surface area (Å²) in [4.78, 5) is 24.6. The summed E-state index contributed by atoms with van der Waals surface area (Å²) in [6, 6.07) is 2.04. The molecule has 0 spiro atoms. The SMILES string of the molecule is Cn1nc(CNC(=O)c2coc3c2C(=O)NCCC3)cc1C1CC1. The largest absolute Gasteiger partial charge is 0.468 e. The molecule has 1 fully saturated rings. The molecule has 0 aromatic carbocycles. The van der Waals surface area contributed by atoms with Gasteiger partial charge in [0.05, 0.1) is 23.4 Å². The zero-order valence-corrected chi connectivity index (χ0v) is 13.6. The molecule has 2 aromatic rings. The van der Waals surface area contributed by atoms with Crippen molar-refractivity contribution >= 4 is 11.8 Å². The summed E-state index contributed by atoms with van der Waals surface area (Å²) >= 11 is 0. The minimum Gasteiger partial charge on any atom is -0.468 e. The van der Waals surface area contributed by atoms with Gasteiger partial charge in [-0.05, 0) is 25.3 Å². The molecule has 0 bridgehead atoms. The lowest BCUT2D eigenvalue weighted by molar-refractivity contribution is 0.0920. The van der Waals surface area contributed by atoms with E-state index in [-0.39, 0.29) is 11.8 Å². The Kier molecular flexibility index (Phi) is 3.63. The van der Waals surface area contributed by atoms with Crippen LogP contribution in [0.5, 0.6) is 0 Å². The number of rotatable bonds is 4. The molecule has 4 rings (SSSR count). The monoisotopic (exact) mass is 328 g/mol. The van der Waals surface area contributed by atoms with Gasteiger partial charge < -0.3 is 15.1 Å². The van der Waals surface area contributed by atoms with Gasteiger partial charge in [0, 0.05) is 31.6 Å². The first-order valence-electron chi connectivity index (χ1n) is 8.33. The first kappa shape index (κ1) is 15.0. The third-order valence-electron chi connectivity index (χ3n) is 4.60. The summed E-state index contributed by atoms with van der Waals surface area (Å²) in [5, 5.41) is 10.1. The maximum atomic E-state index is 12.5. The molecule has 24 heavy (non-hydrogen) atoms. The second-order valence-corrected chi connectivity index (χ2v) is 6.45. The predicted octanol–water partition coefficient (Wildman–Crippen LogP) is 1.50. The van der Waals surface area contributed by atoms with Gasteiger partial charge in [-0.2, -0.15) is 5.10 Å². The highest BCUT2D eigenvalue weighted by Gasteiger charge is 2.28. The molecule has 126 valence electrons. The molecule has 7 heteroatoms. The Morgan fingerprint density at radius 1 is 1.50 bits per heavy atom. The van der Waals surface area contributed by atoms with Crippen LogP contribution < -0.4 is 10.6 Å². The maximum Gasteiger partial charge on any atom is 0.255 e. The number of nitrogens with one attached hydrogen (secondary N) is 2. The second kappa shape index (κ2) is 5.81. The first-order chi connectivity index (χ1) is 11.6. The fraction of sp³-hybridized carbons (Fsp3) is 0.471. The summed E-state index contributed by atoms with van der Waals surface area (Å²) in [5.74, 6) is 0.648. The quantitative estimate of drug-likeness (QED) is 0.890. The van der Waals surface area contributed by atoms with Crippen LogP contribution >= 0.6 is 0 Å². The van der Waals surface area contributed by atoms with Gasteiger partial charge in [0.15, 0.2) is 0 Å². The van der Waals surface area contributed by atoms with E-state index in [9.17, 15) is 9.59 Å². The summed E-state index contributed by atoms with van der Waals surface area (Å²) in [5.41, 5.74) is 2.70. The molecule has 3 heterocycles. The van der Waals surface area contributed by atoms with Gasteiger partial charge >= 0.3 is 0 Å². The van der Waals surface area contributed by atoms with Crippen molar-refractivity contribution in [3.63, 3.8) is 0 Å². The van der Waals surface area contributed by atoms with Crippen molar-refractivity contribution in [3.05, 3.63) is 40.6 Å². The molecule has 7 nitrogen and oxygen atoms in total. The number of aromatic nitrogens is 2. The Morgan fingerprint density at radius 2 is 2.33 bits per heavy atom. The van der Waals surface area contributed by atoms with Gasteiger partial charge in [0.2, 0.25) is 0 Å². The van der Waals surface area contributed by atoms with Crippen LogP contribution in [0.2, 0.25) is 0 Å². The van der Waals surface area contributed by atoms with Crippen molar-refractivity contribution < 1.29 is 14.0 Å². The average Bonchev–Trinajstić information content (AvgIpc) is 3.25. The molecule has 0 atom stereocenters. The first-order valence-corrected chi connectivity index (χ1v) is 8.33. The molecule has 1 aliphatic heterocycles. The number of hydrogen-bond donors (Lipinski definition) is 2. The van der Waals surface area contributed by atoms with Crippen molar-refractivity contribution in [3.8, 4) is 0 Å². The van der Waals surface area contributed by atoms with Crippen LogP contribution in [-0.4, -0.2) is 28.1 Å². The number of hydrogen-bond acceptors (Lipinski definition) is 4. The van der Waals surface area contributed by atoms with Gasteiger partial charge in [-0.1, -0.05) is 0 Å². The third kappa shape index (κ3) is 2.70. The van der Waals surface area contributed by atoms with E-state index in [4.69, 9.17) is 4.42 Å². The minimum absolute atomic E-state index is 0.241. The number of furan rings is 1. The van der Waals surface area contributed by atoms with E-state index < -0.39 is 0 Å². The fourth-order valence-corrected chi connectivity index (χ4v) is 3.19. The van der Waals surface area contributed by atoms with E-state index in [0.29, 0.717) is 42.3 Å². The van der Waals surface area contributed by atoms with Gasteiger partial charge in [0.1, 0.15) is 12.0 Å². The molecule has 2 amide bonds. The molecular formula is C17H20N4O3. The Bertz CT molecular complexity index is 801. The Morgan fingerprint density at radius 3 is 3.12 bits per heavy atom. The van der Waals surface area contributed by atoms with Crippen molar-refractivity contribution in [2.24, 2.45) is 7.05 Å². The topological polar surface area (TPSA) is 89.2 Å². The number of carbonyl (C=O) groups excluding carboxylic acids is 2. The molecule has 2 aromatic heterocycles. The van der Waals surface area contributed by atoms with Gasteiger partial charge in [-0.15, -0.1) is 0 Å². The summed E-state index contributed by atoms with van der Waals surface area (Å²) in [7, 11) is 1.93. The molecule has 1 aliphatic carbocycles. The van der Waals surface area contributed by atoms with Crippen molar-refractivity contribution in [2.45, 2.75) is 38.1 Å². The fourth-order valence-electron chi connectivity index (χ4n) is 3.19. The van der Waals surface area contributed by atoms with E-state index in [1.54, 1.807) is 0 Å². The number of aryl methyl sites for hydroxylation is 2. The summed E-state index contributed by atoms with van der Waals surface area (Å²) in [6.07, 6.45) is 5.26. The highest BCUT2D eigenvalue weighted by atomic mass is 16.3.